The Morgan fingerprint density at radius 2 is 0.889 bits per heavy atom. The second-order valence-corrected chi connectivity index (χ2v) is 12.6. The Morgan fingerprint density at radius 1 is 0.511 bits per heavy atom. The molecule has 5 nitrogen and oxygen atoms in total. The van der Waals surface area contributed by atoms with Gasteiger partial charge in [0.1, 0.15) is 6.61 Å². The summed E-state index contributed by atoms with van der Waals surface area (Å²) >= 11 is 0. The van der Waals surface area contributed by atoms with Gasteiger partial charge >= 0.3 is 11.9 Å². The number of rotatable bonds is 34. The highest BCUT2D eigenvalue weighted by molar-refractivity contribution is 5.70. The SMILES string of the molecule is CCCCC/C=C/C/C=C/CCCCCCCCCCCC(=O)OC[C@H](CO)OC(=O)CCCCCCC/C=C/CCCCC. The van der Waals surface area contributed by atoms with Crippen molar-refractivity contribution in [1.82, 2.24) is 0 Å². The van der Waals surface area contributed by atoms with Crippen molar-refractivity contribution >= 4 is 11.9 Å². The predicted octanol–water partition coefficient (Wildman–Crippen LogP) is 11.7. The predicted molar refractivity (Wildman–Crippen MR) is 191 cm³/mol. The molecule has 45 heavy (non-hydrogen) atoms. The zero-order chi connectivity index (χ0) is 32.9. The van der Waals surface area contributed by atoms with Gasteiger partial charge in [-0.25, -0.2) is 0 Å². The van der Waals surface area contributed by atoms with E-state index in [4.69, 9.17) is 9.47 Å². The summed E-state index contributed by atoms with van der Waals surface area (Å²) in [6.45, 7) is 4.07. The fourth-order valence-corrected chi connectivity index (χ4v) is 5.22. The van der Waals surface area contributed by atoms with E-state index in [0.29, 0.717) is 12.8 Å². The summed E-state index contributed by atoms with van der Waals surface area (Å²) < 4.78 is 10.6. The van der Waals surface area contributed by atoms with Gasteiger partial charge in [0, 0.05) is 12.8 Å². The van der Waals surface area contributed by atoms with Gasteiger partial charge in [0.15, 0.2) is 6.10 Å². The Balaban J connectivity index is 3.56. The van der Waals surface area contributed by atoms with Gasteiger partial charge in [0.05, 0.1) is 6.61 Å². The number of unbranched alkanes of at least 4 members (excludes halogenated alkanes) is 20. The smallest absolute Gasteiger partial charge is 0.306 e. The lowest BCUT2D eigenvalue weighted by Crippen LogP contribution is -2.28. The van der Waals surface area contributed by atoms with Crippen LogP contribution >= 0.6 is 0 Å². The van der Waals surface area contributed by atoms with Crippen molar-refractivity contribution in [2.45, 2.75) is 193 Å². The Morgan fingerprint density at radius 3 is 1.33 bits per heavy atom. The van der Waals surface area contributed by atoms with Crippen molar-refractivity contribution in [3.05, 3.63) is 36.5 Å². The molecule has 0 bridgehead atoms. The maximum absolute atomic E-state index is 12.1. The number of carbonyl (C=O) groups excluding carboxylic acids is 2. The van der Waals surface area contributed by atoms with E-state index in [1.165, 1.54) is 109 Å². The van der Waals surface area contributed by atoms with Crippen LogP contribution in [0.15, 0.2) is 36.5 Å². The lowest BCUT2D eigenvalue weighted by molar-refractivity contribution is -0.161. The first kappa shape index (κ1) is 43.1. The third-order valence-electron chi connectivity index (χ3n) is 8.16. The van der Waals surface area contributed by atoms with Crippen LogP contribution in [0.5, 0.6) is 0 Å². The normalized spacial score (nSPS) is 12.5. The highest BCUT2D eigenvalue weighted by Gasteiger charge is 2.16. The first-order valence-electron chi connectivity index (χ1n) is 19.0. The molecule has 0 saturated heterocycles. The van der Waals surface area contributed by atoms with Gasteiger partial charge in [-0.2, -0.15) is 0 Å². The van der Waals surface area contributed by atoms with Gasteiger partial charge in [-0.3, -0.25) is 9.59 Å². The number of hydrogen-bond acceptors (Lipinski definition) is 5. The van der Waals surface area contributed by atoms with Crippen LogP contribution in [0.2, 0.25) is 0 Å². The lowest BCUT2D eigenvalue weighted by atomic mass is 10.1. The van der Waals surface area contributed by atoms with E-state index in [-0.39, 0.29) is 25.2 Å². The van der Waals surface area contributed by atoms with Gasteiger partial charge in [0.25, 0.3) is 0 Å². The van der Waals surface area contributed by atoms with Crippen molar-refractivity contribution in [3.8, 4) is 0 Å². The van der Waals surface area contributed by atoms with Crippen LogP contribution in [0.4, 0.5) is 0 Å². The van der Waals surface area contributed by atoms with Crippen LogP contribution < -0.4 is 0 Å². The molecule has 0 aliphatic rings. The van der Waals surface area contributed by atoms with E-state index >= 15 is 0 Å². The van der Waals surface area contributed by atoms with E-state index in [9.17, 15) is 14.7 Å². The molecular formula is C40H72O5. The first-order chi connectivity index (χ1) is 22.1. The summed E-state index contributed by atoms with van der Waals surface area (Å²) in [5.41, 5.74) is 0. The molecule has 1 atom stereocenters. The van der Waals surface area contributed by atoms with Crippen LogP contribution in [0.1, 0.15) is 187 Å². The molecule has 0 aliphatic carbocycles. The molecular weight excluding hydrogens is 560 g/mol. The number of ether oxygens (including phenoxy) is 2. The Kier molecular flexibility index (Phi) is 35.1. The first-order valence-corrected chi connectivity index (χ1v) is 19.0. The van der Waals surface area contributed by atoms with E-state index in [2.05, 4.69) is 50.3 Å². The van der Waals surface area contributed by atoms with Crippen molar-refractivity contribution in [1.29, 1.82) is 0 Å². The van der Waals surface area contributed by atoms with Gasteiger partial charge in [-0.05, 0) is 70.6 Å². The van der Waals surface area contributed by atoms with E-state index < -0.39 is 6.10 Å². The fraction of sp³-hybridized carbons (Fsp3) is 0.800. The van der Waals surface area contributed by atoms with Gasteiger partial charge in [-0.15, -0.1) is 0 Å². The number of aliphatic hydroxyl groups excluding tert-OH is 1. The fourth-order valence-electron chi connectivity index (χ4n) is 5.22. The largest absolute Gasteiger partial charge is 0.462 e. The van der Waals surface area contributed by atoms with Crippen molar-refractivity contribution in [3.63, 3.8) is 0 Å². The maximum Gasteiger partial charge on any atom is 0.306 e. The molecule has 0 aliphatic heterocycles. The molecule has 0 fully saturated rings. The summed E-state index contributed by atoms with van der Waals surface area (Å²) in [6.07, 6.45) is 43.4. The van der Waals surface area contributed by atoms with Gasteiger partial charge in [0.2, 0.25) is 0 Å². The lowest BCUT2D eigenvalue weighted by Gasteiger charge is -2.15. The summed E-state index contributed by atoms with van der Waals surface area (Å²) in [7, 11) is 0. The van der Waals surface area contributed by atoms with Crippen LogP contribution in [0.25, 0.3) is 0 Å². The number of carbonyl (C=O) groups is 2. The number of allylic oxidation sites excluding steroid dienone is 6. The van der Waals surface area contributed by atoms with E-state index in [0.717, 1.165) is 51.4 Å². The molecule has 0 saturated carbocycles. The molecule has 0 unspecified atom stereocenters. The molecule has 0 aromatic carbocycles. The zero-order valence-corrected chi connectivity index (χ0v) is 29.6. The summed E-state index contributed by atoms with van der Waals surface area (Å²) in [6, 6.07) is 0. The topological polar surface area (TPSA) is 72.8 Å². The molecule has 0 rings (SSSR count). The minimum atomic E-state index is -0.774. The molecule has 0 heterocycles. The highest BCUT2D eigenvalue weighted by atomic mass is 16.6. The van der Waals surface area contributed by atoms with Gasteiger partial charge in [-0.1, -0.05) is 140 Å². The van der Waals surface area contributed by atoms with E-state index in [1.807, 2.05) is 0 Å². The second-order valence-electron chi connectivity index (χ2n) is 12.6. The molecule has 262 valence electrons. The molecule has 0 amide bonds. The summed E-state index contributed by atoms with van der Waals surface area (Å²) in [5, 5.41) is 9.53. The average molecular weight is 633 g/mol. The van der Waals surface area contributed by atoms with Crippen LogP contribution in [-0.4, -0.2) is 36.4 Å². The number of hydrogen-bond donors (Lipinski definition) is 1. The van der Waals surface area contributed by atoms with Gasteiger partial charge < -0.3 is 14.6 Å². The molecule has 0 spiro atoms. The highest BCUT2D eigenvalue weighted by Crippen LogP contribution is 2.13. The van der Waals surface area contributed by atoms with Crippen LogP contribution in [0.3, 0.4) is 0 Å². The molecule has 5 heteroatoms. The van der Waals surface area contributed by atoms with Crippen LogP contribution in [0, 0.1) is 0 Å². The second kappa shape index (κ2) is 36.6. The maximum atomic E-state index is 12.1. The van der Waals surface area contributed by atoms with Crippen LogP contribution in [-0.2, 0) is 19.1 Å². The third kappa shape index (κ3) is 34.8. The minimum absolute atomic E-state index is 0.0704. The number of aliphatic hydroxyl groups is 1. The standard InChI is InChI=1S/C40H72O5/c1-3-5-7-9-11-13-15-17-18-19-20-21-22-23-25-26-28-30-32-34-39(42)44-37-38(36-41)45-40(43)35-33-31-29-27-24-16-14-12-10-8-6-4-2/h11-14,17-18,38,41H,3-10,15-16,19-37H2,1-2H3/b13-11+,14-12+,18-17+/t38-/m0/s1. The molecule has 0 aromatic rings. The molecule has 0 aromatic heterocycles. The molecule has 0 radical (unpaired) electrons. The Bertz CT molecular complexity index is 726. The Labute approximate surface area is 278 Å². The summed E-state index contributed by atoms with van der Waals surface area (Å²) in [4.78, 5) is 24.2. The summed E-state index contributed by atoms with van der Waals surface area (Å²) in [5.74, 6) is -0.606. The van der Waals surface area contributed by atoms with Crippen molar-refractivity contribution < 1.29 is 24.2 Å². The van der Waals surface area contributed by atoms with E-state index in [1.54, 1.807) is 0 Å². The van der Waals surface area contributed by atoms with Crippen molar-refractivity contribution in [2.24, 2.45) is 0 Å². The third-order valence-corrected chi connectivity index (χ3v) is 8.16. The monoisotopic (exact) mass is 633 g/mol. The minimum Gasteiger partial charge on any atom is -0.462 e. The Hall–Kier alpha value is -1.88. The molecule has 1 N–H and O–H groups in total. The zero-order valence-electron chi connectivity index (χ0n) is 29.6. The quantitative estimate of drug-likeness (QED) is 0.0434. The number of esters is 2. The average Bonchev–Trinajstić information content (AvgIpc) is 3.04. The van der Waals surface area contributed by atoms with Crippen molar-refractivity contribution in [2.75, 3.05) is 13.2 Å².